The highest BCUT2D eigenvalue weighted by atomic mass is 35.5. The van der Waals surface area contributed by atoms with Crippen LogP contribution < -0.4 is 10.6 Å². The van der Waals surface area contributed by atoms with Gasteiger partial charge in [0.15, 0.2) is 0 Å². The smallest absolute Gasteiger partial charge is 0.227 e. The number of nitrogens with one attached hydrogen (secondary N) is 2. The van der Waals surface area contributed by atoms with Crippen LogP contribution in [-0.4, -0.2) is 50.1 Å². The quantitative estimate of drug-likeness (QED) is 0.839. The molecule has 0 aliphatic carbocycles. The van der Waals surface area contributed by atoms with Gasteiger partial charge in [0.25, 0.3) is 0 Å². The van der Waals surface area contributed by atoms with Crippen LogP contribution in [-0.2, 0) is 4.79 Å². The van der Waals surface area contributed by atoms with Crippen molar-refractivity contribution in [3.8, 4) is 0 Å². The first-order valence-corrected chi connectivity index (χ1v) is 7.94. The van der Waals surface area contributed by atoms with Gasteiger partial charge in [-0.2, -0.15) is 0 Å². The molecule has 1 heterocycles. The Kier molecular flexibility index (Phi) is 8.46. The summed E-state index contributed by atoms with van der Waals surface area (Å²) in [6, 6.07) is 10.1. The molecular weight excluding hydrogens is 298 g/mol. The molecule has 0 bridgehead atoms. The topological polar surface area (TPSA) is 44.4 Å². The normalized spacial score (nSPS) is 16.9. The van der Waals surface area contributed by atoms with Crippen LogP contribution in [0.3, 0.4) is 0 Å². The van der Waals surface area contributed by atoms with Gasteiger partial charge >= 0.3 is 0 Å². The van der Waals surface area contributed by atoms with Gasteiger partial charge in [-0.15, -0.1) is 12.4 Å². The highest BCUT2D eigenvalue weighted by Crippen LogP contribution is 2.24. The molecule has 0 aromatic heterocycles. The van der Waals surface area contributed by atoms with Gasteiger partial charge in [0.1, 0.15) is 0 Å². The zero-order chi connectivity index (χ0) is 15.1. The zero-order valence-electron chi connectivity index (χ0n) is 13.5. The minimum Gasteiger partial charge on any atom is -0.354 e. The summed E-state index contributed by atoms with van der Waals surface area (Å²) in [4.78, 5) is 14.9. The van der Waals surface area contributed by atoms with Gasteiger partial charge in [-0.25, -0.2) is 0 Å². The number of hydrogen-bond donors (Lipinski definition) is 2. The summed E-state index contributed by atoms with van der Waals surface area (Å²) in [7, 11) is 0. The van der Waals surface area contributed by atoms with Gasteiger partial charge in [0.05, 0.1) is 5.92 Å². The van der Waals surface area contributed by atoms with E-state index in [-0.39, 0.29) is 24.2 Å². The standard InChI is InChI=1S/C17H27N3O.ClH/c1-14(2)16(15-6-4-3-5-7-15)17(21)19-10-13-20-11-8-18-9-12-20;/h3-7,14,16,18H,8-13H2,1-2H3,(H,19,21);1H. The molecule has 2 N–H and O–H groups in total. The molecule has 2 rings (SSSR count). The third-order valence-electron chi connectivity index (χ3n) is 4.04. The number of benzene rings is 1. The summed E-state index contributed by atoms with van der Waals surface area (Å²) in [6.45, 7) is 10.1. The first-order valence-electron chi connectivity index (χ1n) is 7.94. The van der Waals surface area contributed by atoms with E-state index in [1.54, 1.807) is 0 Å². The maximum Gasteiger partial charge on any atom is 0.227 e. The Morgan fingerprint density at radius 1 is 1.23 bits per heavy atom. The summed E-state index contributed by atoms with van der Waals surface area (Å²) in [5.74, 6) is 0.382. The summed E-state index contributed by atoms with van der Waals surface area (Å²) >= 11 is 0. The molecule has 1 atom stereocenters. The SMILES string of the molecule is CC(C)C(C(=O)NCCN1CCNCC1)c1ccccc1.Cl. The van der Waals surface area contributed by atoms with E-state index in [2.05, 4.69) is 29.4 Å². The molecule has 1 amide bonds. The third-order valence-corrected chi connectivity index (χ3v) is 4.04. The van der Waals surface area contributed by atoms with Gasteiger partial charge in [0, 0.05) is 39.3 Å². The van der Waals surface area contributed by atoms with E-state index < -0.39 is 0 Å². The van der Waals surface area contributed by atoms with Crippen LogP contribution in [0.2, 0.25) is 0 Å². The Hall–Kier alpha value is -1.10. The van der Waals surface area contributed by atoms with Gasteiger partial charge < -0.3 is 10.6 Å². The Morgan fingerprint density at radius 2 is 1.86 bits per heavy atom. The molecule has 0 saturated carbocycles. The fourth-order valence-electron chi connectivity index (χ4n) is 2.88. The second-order valence-electron chi connectivity index (χ2n) is 6.02. The Morgan fingerprint density at radius 3 is 2.45 bits per heavy atom. The number of halogens is 1. The van der Waals surface area contributed by atoms with E-state index in [0.29, 0.717) is 5.92 Å². The van der Waals surface area contributed by atoms with Crippen molar-refractivity contribution >= 4 is 18.3 Å². The number of amides is 1. The summed E-state index contributed by atoms with van der Waals surface area (Å²) < 4.78 is 0. The maximum absolute atomic E-state index is 12.5. The van der Waals surface area contributed by atoms with Crippen molar-refractivity contribution in [3.63, 3.8) is 0 Å². The van der Waals surface area contributed by atoms with Gasteiger partial charge in [-0.1, -0.05) is 44.2 Å². The van der Waals surface area contributed by atoms with Crippen LogP contribution in [0.25, 0.3) is 0 Å². The van der Waals surface area contributed by atoms with Gasteiger partial charge in [-0.3, -0.25) is 9.69 Å². The Balaban J connectivity index is 0.00000242. The minimum absolute atomic E-state index is 0. The van der Waals surface area contributed by atoms with E-state index in [4.69, 9.17) is 0 Å². The molecule has 1 aromatic rings. The average Bonchev–Trinajstić information content (AvgIpc) is 2.49. The van der Waals surface area contributed by atoms with Crippen molar-refractivity contribution in [2.75, 3.05) is 39.3 Å². The zero-order valence-corrected chi connectivity index (χ0v) is 14.4. The van der Waals surface area contributed by atoms with E-state index in [9.17, 15) is 4.79 Å². The Bertz CT molecular complexity index is 433. The minimum atomic E-state index is -0.0609. The van der Waals surface area contributed by atoms with Crippen LogP contribution >= 0.6 is 12.4 Å². The number of carbonyl (C=O) groups excluding carboxylic acids is 1. The molecule has 22 heavy (non-hydrogen) atoms. The molecular formula is C17H28ClN3O. The van der Waals surface area contributed by atoms with E-state index in [0.717, 1.165) is 44.8 Å². The van der Waals surface area contributed by atoms with E-state index in [1.807, 2.05) is 30.3 Å². The van der Waals surface area contributed by atoms with Crippen molar-refractivity contribution in [2.45, 2.75) is 19.8 Å². The molecule has 1 aliphatic heterocycles. The number of piperazine rings is 1. The molecule has 0 radical (unpaired) electrons. The monoisotopic (exact) mass is 325 g/mol. The fraction of sp³-hybridized carbons (Fsp3) is 0.588. The van der Waals surface area contributed by atoms with Crippen LogP contribution in [0, 0.1) is 5.92 Å². The lowest BCUT2D eigenvalue weighted by atomic mass is 9.88. The summed E-state index contributed by atoms with van der Waals surface area (Å²) in [5.41, 5.74) is 1.10. The summed E-state index contributed by atoms with van der Waals surface area (Å²) in [5, 5.41) is 6.45. The van der Waals surface area contributed by atoms with Crippen LogP contribution in [0.5, 0.6) is 0 Å². The van der Waals surface area contributed by atoms with Crippen molar-refractivity contribution in [3.05, 3.63) is 35.9 Å². The highest BCUT2D eigenvalue weighted by molar-refractivity contribution is 5.85. The van der Waals surface area contributed by atoms with E-state index >= 15 is 0 Å². The van der Waals surface area contributed by atoms with Crippen molar-refractivity contribution in [2.24, 2.45) is 5.92 Å². The van der Waals surface area contributed by atoms with Crippen molar-refractivity contribution < 1.29 is 4.79 Å². The second kappa shape index (κ2) is 9.82. The number of rotatable bonds is 6. The van der Waals surface area contributed by atoms with Crippen LogP contribution in [0.15, 0.2) is 30.3 Å². The second-order valence-corrected chi connectivity index (χ2v) is 6.02. The molecule has 1 unspecified atom stereocenters. The lowest BCUT2D eigenvalue weighted by molar-refractivity contribution is -0.123. The molecule has 124 valence electrons. The largest absolute Gasteiger partial charge is 0.354 e. The molecule has 1 saturated heterocycles. The molecule has 4 nitrogen and oxygen atoms in total. The van der Waals surface area contributed by atoms with Gasteiger partial charge in [0.2, 0.25) is 5.91 Å². The highest BCUT2D eigenvalue weighted by Gasteiger charge is 2.23. The lowest BCUT2D eigenvalue weighted by Crippen LogP contribution is -2.46. The molecule has 5 heteroatoms. The van der Waals surface area contributed by atoms with Crippen molar-refractivity contribution in [1.82, 2.24) is 15.5 Å². The van der Waals surface area contributed by atoms with Crippen LogP contribution in [0.4, 0.5) is 0 Å². The van der Waals surface area contributed by atoms with Crippen LogP contribution in [0.1, 0.15) is 25.3 Å². The molecule has 1 aromatic carbocycles. The average molecular weight is 326 g/mol. The molecule has 0 spiro atoms. The first-order chi connectivity index (χ1) is 10.2. The predicted octanol–water partition coefficient (Wildman–Crippen LogP) is 1.87. The van der Waals surface area contributed by atoms with Crippen molar-refractivity contribution in [1.29, 1.82) is 0 Å². The molecule has 1 fully saturated rings. The number of nitrogens with zero attached hydrogens (tertiary/aromatic N) is 1. The third kappa shape index (κ3) is 5.59. The lowest BCUT2D eigenvalue weighted by Gasteiger charge is -2.27. The number of carbonyl (C=O) groups is 1. The summed E-state index contributed by atoms with van der Waals surface area (Å²) in [6.07, 6.45) is 0. The number of hydrogen-bond acceptors (Lipinski definition) is 3. The fourth-order valence-corrected chi connectivity index (χ4v) is 2.88. The predicted molar refractivity (Wildman–Crippen MR) is 93.6 cm³/mol. The molecule has 1 aliphatic rings. The maximum atomic E-state index is 12.5. The van der Waals surface area contributed by atoms with Gasteiger partial charge in [-0.05, 0) is 11.5 Å². The van der Waals surface area contributed by atoms with E-state index in [1.165, 1.54) is 0 Å². The first kappa shape index (κ1) is 18.9. The Labute approximate surface area is 140 Å².